The Labute approximate surface area is 131 Å². The number of benzene rings is 2. The van der Waals surface area contributed by atoms with Gasteiger partial charge < -0.3 is 4.74 Å². The van der Waals surface area contributed by atoms with E-state index in [-0.39, 0.29) is 5.78 Å². The highest BCUT2D eigenvalue weighted by Crippen LogP contribution is 2.27. The van der Waals surface area contributed by atoms with Gasteiger partial charge in [-0.15, -0.1) is 0 Å². The summed E-state index contributed by atoms with van der Waals surface area (Å²) in [5.41, 5.74) is 3.10. The molecule has 0 aromatic heterocycles. The van der Waals surface area contributed by atoms with E-state index in [2.05, 4.69) is 15.9 Å². The van der Waals surface area contributed by atoms with E-state index in [4.69, 9.17) is 16.3 Å². The minimum atomic E-state index is -0.0479. The number of carbonyl (C=O) groups excluding carboxylic acids is 1. The van der Waals surface area contributed by atoms with Crippen molar-refractivity contribution in [1.29, 1.82) is 0 Å². The Morgan fingerprint density at radius 1 is 1.10 bits per heavy atom. The minimum Gasteiger partial charge on any atom is -0.496 e. The van der Waals surface area contributed by atoms with E-state index in [1.54, 1.807) is 25.3 Å². The molecule has 0 fully saturated rings. The van der Waals surface area contributed by atoms with E-state index in [1.807, 2.05) is 26.0 Å². The van der Waals surface area contributed by atoms with Crippen LogP contribution in [-0.2, 0) is 0 Å². The molecule has 2 aromatic rings. The molecule has 0 saturated carbocycles. The van der Waals surface area contributed by atoms with E-state index in [0.717, 1.165) is 21.3 Å². The van der Waals surface area contributed by atoms with Crippen molar-refractivity contribution in [2.75, 3.05) is 7.11 Å². The van der Waals surface area contributed by atoms with Crippen LogP contribution < -0.4 is 4.74 Å². The summed E-state index contributed by atoms with van der Waals surface area (Å²) in [6.07, 6.45) is 0. The topological polar surface area (TPSA) is 26.3 Å². The average molecular weight is 354 g/mol. The first-order chi connectivity index (χ1) is 9.43. The van der Waals surface area contributed by atoms with Gasteiger partial charge in [0.1, 0.15) is 5.75 Å². The molecule has 20 heavy (non-hydrogen) atoms. The second-order valence-electron chi connectivity index (χ2n) is 4.60. The molecule has 0 bridgehead atoms. The third-order valence-electron chi connectivity index (χ3n) is 3.11. The van der Waals surface area contributed by atoms with Gasteiger partial charge in [0.2, 0.25) is 0 Å². The Morgan fingerprint density at radius 3 is 2.20 bits per heavy atom. The van der Waals surface area contributed by atoms with Crippen molar-refractivity contribution in [3.8, 4) is 5.75 Å². The van der Waals surface area contributed by atoms with Gasteiger partial charge in [0, 0.05) is 15.6 Å². The van der Waals surface area contributed by atoms with Gasteiger partial charge in [-0.3, -0.25) is 4.79 Å². The Balaban J connectivity index is 2.45. The monoisotopic (exact) mass is 352 g/mol. The quantitative estimate of drug-likeness (QED) is 0.729. The van der Waals surface area contributed by atoms with Crippen molar-refractivity contribution < 1.29 is 9.53 Å². The summed E-state index contributed by atoms with van der Waals surface area (Å²) < 4.78 is 6.09. The second kappa shape index (κ2) is 5.98. The van der Waals surface area contributed by atoms with Crippen LogP contribution in [0.4, 0.5) is 0 Å². The highest BCUT2D eigenvalue weighted by Gasteiger charge is 2.14. The SMILES string of the molecule is COc1c(C)cc(C(=O)c2ccc(Br)c(Cl)c2)cc1C. The molecule has 2 nitrogen and oxygen atoms in total. The van der Waals surface area contributed by atoms with Gasteiger partial charge in [-0.25, -0.2) is 0 Å². The van der Waals surface area contributed by atoms with Crippen molar-refractivity contribution in [1.82, 2.24) is 0 Å². The van der Waals surface area contributed by atoms with Crippen LogP contribution in [0.2, 0.25) is 5.02 Å². The van der Waals surface area contributed by atoms with Crippen LogP contribution in [-0.4, -0.2) is 12.9 Å². The van der Waals surface area contributed by atoms with E-state index in [1.165, 1.54) is 0 Å². The van der Waals surface area contributed by atoms with Crippen molar-refractivity contribution in [3.63, 3.8) is 0 Å². The molecule has 0 aliphatic rings. The maximum atomic E-state index is 12.5. The zero-order valence-corrected chi connectivity index (χ0v) is 13.8. The number of methoxy groups -OCH3 is 1. The van der Waals surface area contributed by atoms with Crippen LogP contribution in [0.25, 0.3) is 0 Å². The molecule has 4 heteroatoms. The van der Waals surface area contributed by atoms with Gasteiger partial charge in [-0.05, 0) is 71.2 Å². The fourth-order valence-corrected chi connectivity index (χ4v) is 2.63. The zero-order chi connectivity index (χ0) is 14.9. The molecule has 0 atom stereocenters. The smallest absolute Gasteiger partial charge is 0.193 e. The van der Waals surface area contributed by atoms with Gasteiger partial charge in [-0.2, -0.15) is 0 Å². The predicted octanol–water partition coefficient (Wildman–Crippen LogP) is 4.96. The number of ketones is 1. The summed E-state index contributed by atoms with van der Waals surface area (Å²) >= 11 is 9.35. The van der Waals surface area contributed by atoms with Crippen molar-refractivity contribution in [3.05, 3.63) is 62.1 Å². The van der Waals surface area contributed by atoms with Crippen molar-refractivity contribution >= 4 is 33.3 Å². The molecule has 0 heterocycles. The normalized spacial score (nSPS) is 10.4. The van der Waals surface area contributed by atoms with Crippen LogP contribution in [0.15, 0.2) is 34.8 Å². The van der Waals surface area contributed by atoms with Crippen LogP contribution in [0.3, 0.4) is 0 Å². The lowest BCUT2D eigenvalue weighted by molar-refractivity contribution is 0.103. The molecule has 2 rings (SSSR count). The van der Waals surface area contributed by atoms with Crippen LogP contribution in [0.5, 0.6) is 5.75 Å². The molecule has 0 unspecified atom stereocenters. The fraction of sp³-hybridized carbons (Fsp3) is 0.188. The maximum Gasteiger partial charge on any atom is 0.193 e. The number of ether oxygens (including phenoxy) is 1. The maximum absolute atomic E-state index is 12.5. The standard InChI is InChI=1S/C16H14BrClO2/c1-9-6-12(7-10(2)16(9)20-3)15(19)11-4-5-13(17)14(18)8-11/h4-8H,1-3H3. The predicted molar refractivity (Wildman–Crippen MR) is 85.1 cm³/mol. The molecule has 0 N–H and O–H groups in total. The Hall–Kier alpha value is -1.32. The van der Waals surface area contributed by atoms with E-state index >= 15 is 0 Å². The van der Waals surface area contributed by atoms with Gasteiger partial charge in [0.05, 0.1) is 12.1 Å². The Morgan fingerprint density at radius 2 is 1.70 bits per heavy atom. The summed E-state index contributed by atoms with van der Waals surface area (Å²) in [6, 6.07) is 8.88. The minimum absolute atomic E-state index is 0.0479. The van der Waals surface area contributed by atoms with Gasteiger partial charge >= 0.3 is 0 Å². The summed E-state index contributed by atoms with van der Waals surface area (Å²) in [6.45, 7) is 3.86. The number of aryl methyl sites for hydroxylation is 2. The number of carbonyl (C=O) groups is 1. The Bertz CT molecular complexity index is 657. The number of halogens is 2. The van der Waals surface area contributed by atoms with Crippen LogP contribution >= 0.6 is 27.5 Å². The van der Waals surface area contributed by atoms with Crippen LogP contribution in [0.1, 0.15) is 27.0 Å². The van der Waals surface area contributed by atoms with Gasteiger partial charge in [0.25, 0.3) is 0 Å². The lowest BCUT2D eigenvalue weighted by Gasteiger charge is -2.11. The van der Waals surface area contributed by atoms with E-state index in [9.17, 15) is 4.79 Å². The first kappa shape index (κ1) is 15.1. The summed E-state index contributed by atoms with van der Waals surface area (Å²) in [5.74, 6) is 0.767. The van der Waals surface area contributed by atoms with E-state index < -0.39 is 0 Å². The number of rotatable bonds is 3. The number of hydrogen-bond acceptors (Lipinski definition) is 2. The highest BCUT2D eigenvalue weighted by atomic mass is 79.9. The first-order valence-corrected chi connectivity index (χ1v) is 7.26. The Kier molecular flexibility index (Phi) is 4.51. The molecule has 2 aromatic carbocycles. The molecule has 104 valence electrons. The molecule has 0 aliphatic carbocycles. The first-order valence-electron chi connectivity index (χ1n) is 6.09. The van der Waals surface area contributed by atoms with Crippen molar-refractivity contribution in [2.45, 2.75) is 13.8 Å². The fourth-order valence-electron chi connectivity index (χ4n) is 2.21. The molecule has 0 aliphatic heterocycles. The highest BCUT2D eigenvalue weighted by molar-refractivity contribution is 9.10. The molecule has 0 radical (unpaired) electrons. The largest absolute Gasteiger partial charge is 0.496 e. The zero-order valence-electron chi connectivity index (χ0n) is 11.5. The lowest BCUT2D eigenvalue weighted by atomic mass is 9.98. The summed E-state index contributed by atoms with van der Waals surface area (Å²) in [4.78, 5) is 12.5. The van der Waals surface area contributed by atoms with E-state index in [0.29, 0.717) is 16.1 Å². The van der Waals surface area contributed by atoms with Crippen LogP contribution in [0, 0.1) is 13.8 Å². The molecular formula is C16H14BrClO2. The average Bonchev–Trinajstić information content (AvgIpc) is 2.40. The summed E-state index contributed by atoms with van der Waals surface area (Å²) in [7, 11) is 1.63. The third-order valence-corrected chi connectivity index (χ3v) is 4.34. The molecular weight excluding hydrogens is 340 g/mol. The lowest BCUT2D eigenvalue weighted by Crippen LogP contribution is -2.03. The molecule has 0 spiro atoms. The van der Waals surface area contributed by atoms with Gasteiger partial charge in [0.15, 0.2) is 5.78 Å². The summed E-state index contributed by atoms with van der Waals surface area (Å²) in [5, 5.41) is 0.526. The third kappa shape index (κ3) is 2.89. The molecule has 0 amide bonds. The second-order valence-corrected chi connectivity index (χ2v) is 5.86. The van der Waals surface area contributed by atoms with Gasteiger partial charge in [-0.1, -0.05) is 11.6 Å². The number of hydrogen-bond donors (Lipinski definition) is 0. The van der Waals surface area contributed by atoms with Crippen molar-refractivity contribution in [2.24, 2.45) is 0 Å². The molecule has 0 saturated heterocycles.